The van der Waals surface area contributed by atoms with E-state index in [1.165, 1.54) is 0 Å². The predicted molar refractivity (Wildman–Crippen MR) is 70.8 cm³/mol. The molecule has 0 N–H and O–H groups in total. The van der Waals surface area contributed by atoms with Crippen LogP contribution < -0.4 is 14.2 Å². The fraction of sp³-hybridized carbons (Fsp3) is 0.500. The summed E-state index contributed by atoms with van der Waals surface area (Å²) in [7, 11) is 1.63. The zero-order valence-electron chi connectivity index (χ0n) is 11.4. The summed E-state index contributed by atoms with van der Waals surface area (Å²) in [6.45, 7) is 2.38. The molecule has 1 heterocycles. The quantitative estimate of drug-likeness (QED) is 0.507. The van der Waals surface area contributed by atoms with Crippen molar-refractivity contribution in [2.45, 2.75) is 6.42 Å². The van der Waals surface area contributed by atoms with E-state index in [9.17, 15) is 4.79 Å². The molecule has 1 aromatic rings. The van der Waals surface area contributed by atoms with Crippen molar-refractivity contribution in [3.63, 3.8) is 0 Å². The SMILES string of the molecule is COCCOCCCOc1cc2c(cc1C=O)OCO2. The number of hydrogen-bond acceptors (Lipinski definition) is 6. The minimum atomic E-state index is 0.171. The number of hydrogen-bond donors (Lipinski definition) is 0. The van der Waals surface area contributed by atoms with Crippen LogP contribution in [0, 0.1) is 0 Å². The molecule has 0 amide bonds. The Morgan fingerprint density at radius 1 is 1.15 bits per heavy atom. The summed E-state index contributed by atoms with van der Waals surface area (Å²) in [6, 6.07) is 3.30. The van der Waals surface area contributed by atoms with Crippen molar-refractivity contribution < 1.29 is 28.5 Å². The van der Waals surface area contributed by atoms with Crippen molar-refractivity contribution in [1.82, 2.24) is 0 Å². The van der Waals surface area contributed by atoms with Crippen molar-refractivity contribution in [2.75, 3.05) is 40.3 Å². The van der Waals surface area contributed by atoms with Gasteiger partial charge in [0.05, 0.1) is 25.4 Å². The molecule has 1 aliphatic rings. The van der Waals surface area contributed by atoms with Crippen LogP contribution in [0.2, 0.25) is 0 Å². The van der Waals surface area contributed by atoms with Crippen LogP contribution in [0.15, 0.2) is 12.1 Å². The van der Waals surface area contributed by atoms with Gasteiger partial charge < -0.3 is 23.7 Å². The number of rotatable bonds is 9. The molecule has 1 aromatic carbocycles. The molecule has 0 unspecified atom stereocenters. The first kappa shape index (κ1) is 14.6. The Kier molecular flexibility index (Phi) is 5.64. The summed E-state index contributed by atoms with van der Waals surface area (Å²) >= 11 is 0. The Labute approximate surface area is 117 Å². The lowest BCUT2D eigenvalue weighted by Crippen LogP contribution is -2.07. The highest BCUT2D eigenvalue weighted by molar-refractivity contribution is 5.81. The van der Waals surface area contributed by atoms with Gasteiger partial charge in [0, 0.05) is 26.2 Å². The van der Waals surface area contributed by atoms with Crippen LogP contribution in [0.3, 0.4) is 0 Å². The van der Waals surface area contributed by atoms with Gasteiger partial charge in [0.1, 0.15) is 5.75 Å². The molecule has 0 saturated carbocycles. The van der Waals surface area contributed by atoms with Gasteiger partial charge in [-0.15, -0.1) is 0 Å². The molecule has 0 aliphatic carbocycles. The van der Waals surface area contributed by atoms with Gasteiger partial charge in [-0.3, -0.25) is 4.79 Å². The van der Waals surface area contributed by atoms with E-state index >= 15 is 0 Å². The van der Waals surface area contributed by atoms with Crippen LogP contribution in [0.25, 0.3) is 0 Å². The number of ether oxygens (including phenoxy) is 5. The van der Waals surface area contributed by atoms with Crippen molar-refractivity contribution in [1.29, 1.82) is 0 Å². The Bertz CT molecular complexity index is 446. The van der Waals surface area contributed by atoms with Crippen molar-refractivity contribution >= 4 is 6.29 Å². The zero-order chi connectivity index (χ0) is 14.2. The largest absolute Gasteiger partial charge is 0.493 e. The molecule has 6 nitrogen and oxygen atoms in total. The summed E-state index contributed by atoms with van der Waals surface area (Å²) in [5.74, 6) is 1.67. The molecular formula is C14H18O6. The monoisotopic (exact) mass is 282 g/mol. The van der Waals surface area contributed by atoms with E-state index in [4.69, 9.17) is 23.7 Å². The van der Waals surface area contributed by atoms with Gasteiger partial charge in [0.15, 0.2) is 17.8 Å². The maximum atomic E-state index is 11.0. The van der Waals surface area contributed by atoms with E-state index in [0.29, 0.717) is 49.2 Å². The first-order chi connectivity index (χ1) is 9.85. The van der Waals surface area contributed by atoms with Gasteiger partial charge in [-0.1, -0.05) is 0 Å². The van der Waals surface area contributed by atoms with Gasteiger partial charge in [0.2, 0.25) is 6.79 Å². The highest BCUT2D eigenvalue weighted by atomic mass is 16.7. The number of aldehydes is 1. The topological polar surface area (TPSA) is 63.2 Å². The number of benzene rings is 1. The predicted octanol–water partition coefficient (Wildman–Crippen LogP) is 1.66. The molecule has 110 valence electrons. The van der Waals surface area contributed by atoms with Crippen molar-refractivity contribution in [3.8, 4) is 17.2 Å². The minimum Gasteiger partial charge on any atom is -0.493 e. The third kappa shape index (κ3) is 3.85. The number of carbonyl (C=O) groups is 1. The molecular weight excluding hydrogens is 264 g/mol. The lowest BCUT2D eigenvalue weighted by Gasteiger charge is -2.09. The third-order valence-corrected chi connectivity index (χ3v) is 2.75. The first-order valence-corrected chi connectivity index (χ1v) is 6.43. The van der Waals surface area contributed by atoms with E-state index in [2.05, 4.69) is 0 Å². The van der Waals surface area contributed by atoms with E-state index in [1.54, 1.807) is 19.2 Å². The Balaban J connectivity index is 1.79. The fourth-order valence-corrected chi connectivity index (χ4v) is 1.74. The van der Waals surface area contributed by atoms with Gasteiger partial charge in [-0.2, -0.15) is 0 Å². The molecule has 0 aromatic heterocycles. The number of methoxy groups -OCH3 is 1. The fourth-order valence-electron chi connectivity index (χ4n) is 1.74. The molecule has 6 heteroatoms. The molecule has 20 heavy (non-hydrogen) atoms. The molecule has 0 spiro atoms. The van der Waals surface area contributed by atoms with Gasteiger partial charge in [-0.05, 0) is 6.07 Å². The highest BCUT2D eigenvalue weighted by Gasteiger charge is 2.17. The molecule has 0 fully saturated rings. The van der Waals surface area contributed by atoms with Crippen LogP contribution >= 0.6 is 0 Å². The first-order valence-electron chi connectivity index (χ1n) is 6.43. The highest BCUT2D eigenvalue weighted by Crippen LogP contribution is 2.37. The zero-order valence-corrected chi connectivity index (χ0v) is 11.4. The molecule has 0 radical (unpaired) electrons. The summed E-state index contributed by atoms with van der Waals surface area (Å²) in [6.07, 6.45) is 1.48. The molecule has 2 rings (SSSR count). The minimum absolute atomic E-state index is 0.171. The maximum Gasteiger partial charge on any atom is 0.231 e. The van der Waals surface area contributed by atoms with E-state index in [-0.39, 0.29) is 6.79 Å². The van der Waals surface area contributed by atoms with Gasteiger partial charge >= 0.3 is 0 Å². The summed E-state index contributed by atoms with van der Waals surface area (Å²) in [5.41, 5.74) is 0.453. The second-order valence-electron chi connectivity index (χ2n) is 4.17. The number of carbonyl (C=O) groups excluding carboxylic acids is 1. The van der Waals surface area contributed by atoms with E-state index < -0.39 is 0 Å². The third-order valence-electron chi connectivity index (χ3n) is 2.75. The van der Waals surface area contributed by atoms with Crippen LogP contribution in [-0.4, -0.2) is 46.6 Å². The van der Waals surface area contributed by atoms with E-state index in [0.717, 1.165) is 12.7 Å². The van der Waals surface area contributed by atoms with Crippen LogP contribution in [0.5, 0.6) is 17.2 Å². The molecule has 0 bridgehead atoms. The van der Waals surface area contributed by atoms with Crippen molar-refractivity contribution in [3.05, 3.63) is 17.7 Å². The average Bonchev–Trinajstić information content (AvgIpc) is 2.92. The number of fused-ring (bicyclic) bond motifs is 1. The van der Waals surface area contributed by atoms with Crippen LogP contribution in [0.4, 0.5) is 0 Å². The van der Waals surface area contributed by atoms with Gasteiger partial charge in [0.25, 0.3) is 0 Å². The lowest BCUT2D eigenvalue weighted by molar-refractivity contribution is 0.0644. The average molecular weight is 282 g/mol. The summed E-state index contributed by atoms with van der Waals surface area (Å²) in [5, 5.41) is 0. The molecule has 0 atom stereocenters. The summed E-state index contributed by atoms with van der Waals surface area (Å²) in [4.78, 5) is 11.0. The summed E-state index contributed by atoms with van der Waals surface area (Å²) < 4.78 is 26.2. The second-order valence-corrected chi connectivity index (χ2v) is 4.17. The van der Waals surface area contributed by atoms with Crippen LogP contribution in [-0.2, 0) is 9.47 Å². The maximum absolute atomic E-state index is 11.0. The van der Waals surface area contributed by atoms with Gasteiger partial charge in [-0.25, -0.2) is 0 Å². The molecule has 1 aliphatic heterocycles. The lowest BCUT2D eigenvalue weighted by atomic mass is 10.2. The Morgan fingerprint density at radius 2 is 1.95 bits per heavy atom. The van der Waals surface area contributed by atoms with E-state index in [1.807, 2.05) is 0 Å². The second kappa shape index (κ2) is 7.72. The smallest absolute Gasteiger partial charge is 0.231 e. The Morgan fingerprint density at radius 3 is 2.70 bits per heavy atom. The standard InChI is InChI=1S/C14H18O6/c1-16-5-6-17-3-2-4-18-12-8-14-13(19-10-20-14)7-11(12)9-15/h7-9H,2-6,10H2,1H3. The van der Waals surface area contributed by atoms with Crippen LogP contribution in [0.1, 0.15) is 16.8 Å². The van der Waals surface area contributed by atoms with Crippen molar-refractivity contribution in [2.24, 2.45) is 0 Å². The Hall–Kier alpha value is -1.79. The normalized spacial score (nSPS) is 12.4. The molecule has 0 saturated heterocycles.